The summed E-state index contributed by atoms with van der Waals surface area (Å²) >= 11 is 4.07. The molecule has 0 unspecified atom stereocenters. The third-order valence-corrected chi connectivity index (χ3v) is 2.49. The molecule has 0 aliphatic heterocycles. The molecular weight excluding hydrogens is 159 g/mol. The predicted molar refractivity (Wildman–Crippen MR) is 44.9 cm³/mol. The van der Waals surface area contributed by atoms with Gasteiger partial charge in [0.05, 0.1) is 6.42 Å². The second kappa shape index (κ2) is 4.00. The topological polar surface area (TPSA) is 37.3 Å². The normalized spacial score (nSPS) is 19.3. The first-order valence-electron chi connectivity index (χ1n) is 3.01. The van der Waals surface area contributed by atoms with Crippen molar-refractivity contribution in [3.63, 3.8) is 0 Å². The van der Waals surface area contributed by atoms with Gasteiger partial charge in [0.15, 0.2) is 0 Å². The van der Waals surface area contributed by atoms with Gasteiger partial charge in [0, 0.05) is 0 Å². The first kappa shape index (κ1) is 10.8. The maximum absolute atomic E-state index is 10.2. The fourth-order valence-electron chi connectivity index (χ4n) is 0.888. The van der Waals surface area contributed by atoms with Crippen LogP contribution < -0.4 is 0 Å². The number of carboxylic acids is 1. The van der Waals surface area contributed by atoms with E-state index in [0.717, 1.165) is 18.6 Å². The van der Waals surface area contributed by atoms with Crippen LogP contribution in [-0.4, -0.2) is 46.4 Å². The zero-order valence-corrected chi connectivity index (χ0v) is 6.03. The summed E-state index contributed by atoms with van der Waals surface area (Å²) in [6.07, 6.45) is 2.39. The predicted octanol–water partition coefficient (Wildman–Crippen LogP) is 0.523. The Kier molecular flexibility index (Phi) is 4.33. The molecule has 1 N–H and O–H groups in total. The van der Waals surface area contributed by atoms with Crippen molar-refractivity contribution in [1.82, 2.24) is 0 Å². The summed E-state index contributed by atoms with van der Waals surface area (Å²) in [6, 6.07) is 0. The van der Waals surface area contributed by atoms with Crippen molar-refractivity contribution in [3.8, 4) is 0 Å². The average molecular weight is 170 g/mol. The van der Waals surface area contributed by atoms with Gasteiger partial charge in [-0.25, -0.2) is 0 Å². The van der Waals surface area contributed by atoms with Crippen LogP contribution in [0.5, 0.6) is 0 Å². The third-order valence-electron chi connectivity index (χ3n) is 1.82. The van der Waals surface area contributed by atoms with Gasteiger partial charge in [-0.05, 0) is 24.0 Å². The van der Waals surface area contributed by atoms with Crippen LogP contribution in [0.15, 0.2) is 0 Å². The Hall–Kier alpha value is 0.820. The van der Waals surface area contributed by atoms with Crippen molar-refractivity contribution >= 4 is 48.2 Å². The Morgan fingerprint density at radius 1 is 1.60 bits per heavy atom. The van der Waals surface area contributed by atoms with E-state index in [-0.39, 0.29) is 35.0 Å². The van der Waals surface area contributed by atoms with E-state index in [1.807, 2.05) is 0 Å². The van der Waals surface area contributed by atoms with E-state index in [1.54, 1.807) is 0 Å². The molecule has 0 aromatic carbocycles. The standard InChI is InChI=1S/C6H10O2S.Na.H/c7-5(8)3-6(4-9)1-2-6;;/h9H,1-4H2,(H,7,8);;. The molecule has 1 fully saturated rings. The van der Waals surface area contributed by atoms with E-state index in [9.17, 15) is 4.79 Å². The molecule has 54 valence electrons. The van der Waals surface area contributed by atoms with Gasteiger partial charge in [-0.1, -0.05) is 0 Å². The van der Waals surface area contributed by atoms with Crippen molar-refractivity contribution in [3.05, 3.63) is 0 Å². The van der Waals surface area contributed by atoms with Crippen molar-refractivity contribution < 1.29 is 9.90 Å². The summed E-state index contributed by atoms with van der Waals surface area (Å²) in [5, 5.41) is 8.39. The van der Waals surface area contributed by atoms with Gasteiger partial charge in [0.2, 0.25) is 0 Å². The third kappa shape index (κ3) is 2.82. The van der Waals surface area contributed by atoms with Gasteiger partial charge < -0.3 is 5.11 Å². The summed E-state index contributed by atoms with van der Waals surface area (Å²) in [7, 11) is 0. The van der Waals surface area contributed by atoms with Gasteiger partial charge in [0.25, 0.3) is 0 Å². The molecule has 1 saturated carbocycles. The molecule has 1 rings (SSSR count). The molecule has 0 saturated heterocycles. The second-order valence-corrected chi connectivity index (χ2v) is 3.04. The number of carbonyl (C=O) groups is 1. The molecule has 0 aromatic rings. The molecule has 4 heteroatoms. The molecule has 1 aliphatic carbocycles. The zero-order valence-electron chi connectivity index (χ0n) is 5.13. The van der Waals surface area contributed by atoms with Crippen LogP contribution in [0.4, 0.5) is 0 Å². The number of rotatable bonds is 3. The van der Waals surface area contributed by atoms with E-state index in [1.165, 1.54) is 0 Å². The molecule has 0 heterocycles. The quantitative estimate of drug-likeness (QED) is 0.478. The zero-order chi connectivity index (χ0) is 6.91. The van der Waals surface area contributed by atoms with E-state index >= 15 is 0 Å². The first-order valence-corrected chi connectivity index (χ1v) is 3.64. The molecule has 0 amide bonds. The fourth-order valence-corrected chi connectivity index (χ4v) is 1.32. The first-order chi connectivity index (χ1) is 4.18. The molecule has 0 atom stereocenters. The SMILES string of the molecule is O=C(O)CC1(CS)CC1.[NaH]. The Labute approximate surface area is 88.1 Å². The molecule has 0 bridgehead atoms. The average Bonchev–Trinajstić information content (AvgIpc) is 2.48. The molecule has 1 aliphatic rings. The van der Waals surface area contributed by atoms with Crippen LogP contribution in [0, 0.1) is 5.41 Å². The maximum atomic E-state index is 10.2. The molecule has 10 heavy (non-hydrogen) atoms. The molecule has 0 spiro atoms. The fraction of sp³-hybridized carbons (Fsp3) is 0.833. The van der Waals surface area contributed by atoms with Gasteiger partial charge >= 0.3 is 35.5 Å². The van der Waals surface area contributed by atoms with E-state index in [4.69, 9.17) is 5.11 Å². The van der Waals surface area contributed by atoms with E-state index < -0.39 is 5.97 Å². The minimum absolute atomic E-state index is 0. The molecule has 0 radical (unpaired) electrons. The van der Waals surface area contributed by atoms with Gasteiger partial charge in [-0.15, -0.1) is 0 Å². The van der Waals surface area contributed by atoms with Crippen LogP contribution in [0.25, 0.3) is 0 Å². The Balaban J connectivity index is 0.000000810. The van der Waals surface area contributed by atoms with Crippen molar-refractivity contribution in [2.24, 2.45) is 5.41 Å². The van der Waals surface area contributed by atoms with Crippen LogP contribution in [-0.2, 0) is 4.79 Å². The minimum atomic E-state index is -0.693. The van der Waals surface area contributed by atoms with Crippen LogP contribution >= 0.6 is 12.6 Å². The number of carboxylic acid groups (broad SMARTS) is 1. The van der Waals surface area contributed by atoms with Crippen molar-refractivity contribution in [2.45, 2.75) is 19.3 Å². The van der Waals surface area contributed by atoms with Crippen LogP contribution in [0.1, 0.15) is 19.3 Å². The summed E-state index contributed by atoms with van der Waals surface area (Å²) < 4.78 is 0. The Bertz CT molecular complexity index is 134. The Morgan fingerprint density at radius 2 is 2.10 bits per heavy atom. The molecule has 0 aromatic heterocycles. The summed E-state index contributed by atoms with van der Waals surface area (Å²) in [5.41, 5.74) is 0.0783. The number of hydrogen-bond donors (Lipinski definition) is 2. The van der Waals surface area contributed by atoms with Crippen molar-refractivity contribution in [1.29, 1.82) is 0 Å². The Morgan fingerprint density at radius 3 is 2.20 bits per heavy atom. The van der Waals surface area contributed by atoms with Gasteiger partial charge in [-0.3, -0.25) is 4.79 Å². The monoisotopic (exact) mass is 170 g/mol. The second-order valence-electron chi connectivity index (χ2n) is 2.73. The number of thiol groups is 1. The van der Waals surface area contributed by atoms with E-state index in [0.29, 0.717) is 6.42 Å². The van der Waals surface area contributed by atoms with Crippen LogP contribution in [0.2, 0.25) is 0 Å². The van der Waals surface area contributed by atoms with Crippen molar-refractivity contribution in [2.75, 3.05) is 5.75 Å². The van der Waals surface area contributed by atoms with E-state index in [2.05, 4.69) is 12.6 Å². The molecule has 2 nitrogen and oxygen atoms in total. The number of aliphatic carboxylic acids is 1. The summed E-state index contributed by atoms with van der Waals surface area (Å²) in [4.78, 5) is 10.2. The summed E-state index contributed by atoms with van der Waals surface area (Å²) in [5.74, 6) is 0.0285. The summed E-state index contributed by atoms with van der Waals surface area (Å²) in [6.45, 7) is 0. The number of hydrogen-bond acceptors (Lipinski definition) is 2. The van der Waals surface area contributed by atoms with Gasteiger partial charge in [-0.2, -0.15) is 12.6 Å². The van der Waals surface area contributed by atoms with Crippen LogP contribution in [0.3, 0.4) is 0 Å². The van der Waals surface area contributed by atoms with Gasteiger partial charge in [0.1, 0.15) is 0 Å². The molecular formula is C6H11NaO2S.